The fraction of sp³-hybridized carbons (Fsp3) is 0.588. The van der Waals surface area contributed by atoms with Crippen LogP contribution in [-0.4, -0.2) is 13.6 Å². The van der Waals surface area contributed by atoms with Crippen molar-refractivity contribution >= 4 is 5.69 Å². The summed E-state index contributed by atoms with van der Waals surface area (Å²) in [5, 5.41) is 9.16. The van der Waals surface area contributed by atoms with E-state index < -0.39 is 0 Å². The molecule has 0 aliphatic carbocycles. The summed E-state index contributed by atoms with van der Waals surface area (Å²) in [5.41, 5.74) is 2.57. The van der Waals surface area contributed by atoms with Crippen LogP contribution < -0.4 is 4.90 Å². The Morgan fingerprint density at radius 2 is 1.68 bits per heavy atom. The Morgan fingerprint density at radius 3 is 2.11 bits per heavy atom. The Balaban J connectivity index is 2.67. The van der Waals surface area contributed by atoms with Gasteiger partial charge in [0, 0.05) is 19.3 Å². The molecular formula is C17H26N2. The van der Waals surface area contributed by atoms with Crippen molar-refractivity contribution in [1.82, 2.24) is 0 Å². The lowest BCUT2D eigenvalue weighted by molar-refractivity contribution is 0.477. The molecule has 0 aliphatic rings. The van der Waals surface area contributed by atoms with Crippen LogP contribution in [0.1, 0.15) is 33.3 Å². The third-order valence-corrected chi connectivity index (χ3v) is 3.46. The van der Waals surface area contributed by atoms with Crippen LogP contribution in [0.4, 0.5) is 5.69 Å². The molecule has 0 bridgehead atoms. The van der Waals surface area contributed by atoms with E-state index in [4.69, 9.17) is 5.26 Å². The first-order valence-electron chi connectivity index (χ1n) is 7.13. The molecule has 19 heavy (non-hydrogen) atoms. The van der Waals surface area contributed by atoms with Crippen molar-refractivity contribution in [1.29, 1.82) is 5.26 Å². The molecule has 0 heterocycles. The number of benzene rings is 1. The standard InChI is InChI=1S/C17H26N2/c1-13(2)10-15-6-8-17(9-7-15)19(5)12-16(11-18)14(3)4/h6-9,13-14,16H,10,12H2,1-5H3. The SMILES string of the molecule is CC(C)Cc1ccc(N(C)CC(C#N)C(C)C)cc1. The van der Waals surface area contributed by atoms with Crippen molar-refractivity contribution in [3.05, 3.63) is 29.8 Å². The van der Waals surface area contributed by atoms with Crippen LogP contribution in [0.15, 0.2) is 24.3 Å². The second kappa shape index (κ2) is 7.19. The van der Waals surface area contributed by atoms with Crippen LogP contribution in [0.5, 0.6) is 0 Å². The van der Waals surface area contributed by atoms with Gasteiger partial charge in [0.1, 0.15) is 0 Å². The summed E-state index contributed by atoms with van der Waals surface area (Å²) < 4.78 is 0. The topological polar surface area (TPSA) is 27.0 Å². The van der Waals surface area contributed by atoms with Crippen molar-refractivity contribution in [3.8, 4) is 6.07 Å². The van der Waals surface area contributed by atoms with Gasteiger partial charge in [0.2, 0.25) is 0 Å². The normalized spacial score (nSPS) is 12.5. The van der Waals surface area contributed by atoms with Gasteiger partial charge < -0.3 is 4.90 Å². The summed E-state index contributed by atoms with van der Waals surface area (Å²) >= 11 is 0. The summed E-state index contributed by atoms with van der Waals surface area (Å²) in [7, 11) is 2.06. The van der Waals surface area contributed by atoms with E-state index in [0.29, 0.717) is 11.8 Å². The maximum atomic E-state index is 9.16. The summed E-state index contributed by atoms with van der Waals surface area (Å²) in [6.07, 6.45) is 1.12. The van der Waals surface area contributed by atoms with Gasteiger partial charge >= 0.3 is 0 Å². The second-order valence-corrected chi connectivity index (χ2v) is 6.12. The summed E-state index contributed by atoms with van der Waals surface area (Å²) in [6, 6.07) is 11.1. The highest BCUT2D eigenvalue weighted by Crippen LogP contribution is 2.19. The highest BCUT2D eigenvalue weighted by atomic mass is 15.1. The minimum Gasteiger partial charge on any atom is -0.373 e. The first-order valence-corrected chi connectivity index (χ1v) is 7.13. The molecule has 0 aromatic heterocycles. The number of nitrogens with zero attached hydrogens (tertiary/aromatic N) is 2. The lowest BCUT2D eigenvalue weighted by Crippen LogP contribution is -2.27. The molecule has 0 aliphatic heterocycles. The Kier molecular flexibility index (Phi) is 5.89. The molecule has 1 rings (SSSR count). The molecule has 1 aromatic rings. The van der Waals surface area contributed by atoms with Crippen LogP contribution in [0.25, 0.3) is 0 Å². The minimum atomic E-state index is 0.0836. The Morgan fingerprint density at radius 1 is 1.11 bits per heavy atom. The smallest absolute Gasteiger partial charge is 0.0677 e. The van der Waals surface area contributed by atoms with Gasteiger partial charge in [-0.2, -0.15) is 5.26 Å². The maximum absolute atomic E-state index is 9.16. The van der Waals surface area contributed by atoms with E-state index in [1.54, 1.807) is 0 Å². The van der Waals surface area contributed by atoms with Crippen LogP contribution in [0.3, 0.4) is 0 Å². The van der Waals surface area contributed by atoms with Gasteiger partial charge in [-0.15, -0.1) is 0 Å². The number of hydrogen-bond acceptors (Lipinski definition) is 2. The molecule has 2 nitrogen and oxygen atoms in total. The van der Waals surface area contributed by atoms with E-state index in [9.17, 15) is 0 Å². The van der Waals surface area contributed by atoms with Gasteiger partial charge in [-0.05, 0) is 36.0 Å². The zero-order valence-electron chi connectivity index (χ0n) is 12.9. The van der Waals surface area contributed by atoms with E-state index >= 15 is 0 Å². The molecule has 0 saturated heterocycles. The van der Waals surface area contributed by atoms with E-state index in [2.05, 4.69) is 70.0 Å². The second-order valence-electron chi connectivity index (χ2n) is 6.12. The molecule has 0 amide bonds. The third-order valence-electron chi connectivity index (χ3n) is 3.46. The number of rotatable bonds is 6. The molecule has 0 radical (unpaired) electrons. The largest absolute Gasteiger partial charge is 0.373 e. The molecule has 2 heteroatoms. The van der Waals surface area contributed by atoms with E-state index in [0.717, 1.165) is 13.0 Å². The van der Waals surface area contributed by atoms with Gasteiger partial charge in [0.05, 0.1) is 12.0 Å². The monoisotopic (exact) mass is 258 g/mol. The van der Waals surface area contributed by atoms with Crippen molar-refractivity contribution in [2.75, 3.05) is 18.5 Å². The highest BCUT2D eigenvalue weighted by Gasteiger charge is 2.15. The van der Waals surface area contributed by atoms with Gasteiger partial charge in [-0.25, -0.2) is 0 Å². The third kappa shape index (κ3) is 4.95. The van der Waals surface area contributed by atoms with Gasteiger partial charge in [0.15, 0.2) is 0 Å². The van der Waals surface area contributed by atoms with Crippen molar-refractivity contribution < 1.29 is 0 Å². The minimum absolute atomic E-state index is 0.0836. The maximum Gasteiger partial charge on any atom is 0.0677 e. The van der Waals surface area contributed by atoms with E-state index in [-0.39, 0.29) is 5.92 Å². The van der Waals surface area contributed by atoms with Crippen molar-refractivity contribution in [2.24, 2.45) is 17.8 Å². The molecule has 1 unspecified atom stereocenters. The Bertz CT molecular complexity index is 412. The summed E-state index contributed by atoms with van der Waals surface area (Å²) in [6.45, 7) is 9.47. The molecule has 0 fully saturated rings. The summed E-state index contributed by atoms with van der Waals surface area (Å²) in [4.78, 5) is 2.17. The lowest BCUT2D eigenvalue weighted by atomic mass is 9.97. The fourth-order valence-electron chi connectivity index (χ4n) is 2.16. The molecule has 0 N–H and O–H groups in total. The molecule has 104 valence electrons. The number of anilines is 1. The quantitative estimate of drug-likeness (QED) is 0.767. The van der Waals surface area contributed by atoms with Crippen LogP contribution in [0, 0.1) is 29.1 Å². The molecule has 0 saturated carbocycles. The number of hydrogen-bond donors (Lipinski definition) is 0. The molecule has 0 spiro atoms. The first-order chi connectivity index (χ1) is 8.93. The summed E-state index contributed by atoms with van der Waals surface area (Å²) in [5.74, 6) is 1.17. The zero-order chi connectivity index (χ0) is 14.4. The highest BCUT2D eigenvalue weighted by molar-refractivity contribution is 5.47. The average molecular weight is 258 g/mol. The predicted molar refractivity (Wildman–Crippen MR) is 82.2 cm³/mol. The van der Waals surface area contributed by atoms with E-state index in [1.807, 2.05) is 0 Å². The fourth-order valence-corrected chi connectivity index (χ4v) is 2.16. The van der Waals surface area contributed by atoms with Crippen molar-refractivity contribution in [2.45, 2.75) is 34.1 Å². The molecular weight excluding hydrogens is 232 g/mol. The van der Waals surface area contributed by atoms with Gasteiger partial charge in [-0.1, -0.05) is 39.8 Å². The van der Waals surface area contributed by atoms with Crippen LogP contribution >= 0.6 is 0 Å². The van der Waals surface area contributed by atoms with Crippen LogP contribution in [-0.2, 0) is 6.42 Å². The zero-order valence-corrected chi connectivity index (χ0v) is 12.9. The molecule has 1 aromatic carbocycles. The Labute approximate surface area is 118 Å². The van der Waals surface area contributed by atoms with Crippen molar-refractivity contribution in [3.63, 3.8) is 0 Å². The first kappa shape index (κ1) is 15.6. The average Bonchev–Trinajstić information content (AvgIpc) is 2.35. The van der Waals surface area contributed by atoms with Crippen LogP contribution in [0.2, 0.25) is 0 Å². The Hall–Kier alpha value is -1.49. The lowest BCUT2D eigenvalue weighted by Gasteiger charge is -2.24. The van der Waals surface area contributed by atoms with Gasteiger partial charge in [0.25, 0.3) is 0 Å². The molecule has 1 atom stereocenters. The number of nitriles is 1. The van der Waals surface area contributed by atoms with E-state index in [1.165, 1.54) is 11.3 Å². The van der Waals surface area contributed by atoms with Gasteiger partial charge in [-0.3, -0.25) is 0 Å². The predicted octanol–water partition coefficient (Wildman–Crippen LogP) is 4.12.